The summed E-state index contributed by atoms with van der Waals surface area (Å²) in [5.41, 5.74) is 7.22. The standard InChI is InChI=1S/C14H20N4O/c15-8-13(11-4-2-1-3-5-11)17-6-7-18-12(10-17)9-16-14(18)19/h1-5,12-13H,6-10,15H2,(H,16,19). The van der Waals surface area contributed by atoms with Crippen LogP contribution in [0.25, 0.3) is 0 Å². The predicted octanol–water partition coefficient (Wildman–Crippen LogP) is 0.396. The molecule has 0 radical (unpaired) electrons. The molecular formula is C14H20N4O. The van der Waals surface area contributed by atoms with Gasteiger partial charge in [0.1, 0.15) is 0 Å². The second-order valence-electron chi connectivity index (χ2n) is 5.19. The van der Waals surface area contributed by atoms with Gasteiger partial charge < -0.3 is 16.0 Å². The van der Waals surface area contributed by atoms with Gasteiger partial charge in [0, 0.05) is 38.8 Å². The third-order valence-corrected chi connectivity index (χ3v) is 4.11. The van der Waals surface area contributed by atoms with Crippen molar-refractivity contribution in [1.29, 1.82) is 0 Å². The van der Waals surface area contributed by atoms with Gasteiger partial charge in [0.2, 0.25) is 0 Å². The van der Waals surface area contributed by atoms with Gasteiger partial charge in [-0.1, -0.05) is 30.3 Å². The van der Waals surface area contributed by atoms with Crippen molar-refractivity contribution < 1.29 is 4.79 Å². The number of nitrogens with zero attached hydrogens (tertiary/aromatic N) is 2. The van der Waals surface area contributed by atoms with Gasteiger partial charge >= 0.3 is 6.03 Å². The van der Waals surface area contributed by atoms with E-state index in [-0.39, 0.29) is 12.1 Å². The second kappa shape index (κ2) is 5.19. The molecule has 2 aliphatic heterocycles. The largest absolute Gasteiger partial charge is 0.336 e. The second-order valence-corrected chi connectivity index (χ2v) is 5.19. The molecule has 102 valence electrons. The molecule has 0 bridgehead atoms. The molecule has 3 rings (SSSR count). The zero-order chi connectivity index (χ0) is 13.2. The Labute approximate surface area is 113 Å². The number of benzene rings is 1. The lowest BCUT2D eigenvalue weighted by atomic mass is 10.0. The number of carbonyl (C=O) groups excluding carboxylic acids is 1. The lowest BCUT2D eigenvalue weighted by molar-refractivity contribution is 0.0904. The van der Waals surface area contributed by atoms with Crippen molar-refractivity contribution in [2.75, 3.05) is 32.7 Å². The molecular weight excluding hydrogens is 240 g/mol. The Morgan fingerprint density at radius 3 is 2.84 bits per heavy atom. The number of carbonyl (C=O) groups is 1. The van der Waals surface area contributed by atoms with Gasteiger partial charge in [-0.25, -0.2) is 4.79 Å². The first-order chi connectivity index (χ1) is 9.29. The van der Waals surface area contributed by atoms with E-state index in [1.807, 2.05) is 11.0 Å². The van der Waals surface area contributed by atoms with Crippen molar-refractivity contribution in [3.8, 4) is 0 Å². The fourth-order valence-corrected chi connectivity index (χ4v) is 3.08. The summed E-state index contributed by atoms with van der Waals surface area (Å²) in [4.78, 5) is 15.9. The number of fused-ring (bicyclic) bond motifs is 1. The highest BCUT2D eigenvalue weighted by Gasteiger charge is 2.37. The third kappa shape index (κ3) is 2.31. The minimum Gasteiger partial charge on any atom is -0.336 e. The van der Waals surface area contributed by atoms with E-state index in [1.54, 1.807) is 0 Å². The average molecular weight is 260 g/mol. The van der Waals surface area contributed by atoms with Crippen LogP contribution < -0.4 is 11.1 Å². The minimum atomic E-state index is 0.0775. The van der Waals surface area contributed by atoms with Crippen molar-refractivity contribution in [3.05, 3.63) is 35.9 Å². The fraction of sp³-hybridized carbons (Fsp3) is 0.500. The maximum Gasteiger partial charge on any atom is 0.317 e. The van der Waals surface area contributed by atoms with E-state index in [2.05, 4.69) is 34.5 Å². The Bertz CT molecular complexity index is 450. The summed E-state index contributed by atoms with van der Waals surface area (Å²) in [6, 6.07) is 11.0. The molecule has 5 nitrogen and oxygen atoms in total. The van der Waals surface area contributed by atoms with Crippen LogP contribution in [-0.4, -0.2) is 54.6 Å². The molecule has 2 atom stereocenters. The molecule has 5 heteroatoms. The molecule has 19 heavy (non-hydrogen) atoms. The van der Waals surface area contributed by atoms with Crippen LogP contribution in [0.15, 0.2) is 30.3 Å². The highest BCUT2D eigenvalue weighted by atomic mass is 16.2. The molecule has 2 aliphatic rings. The Morgan fingerprint density at radius 1 is 1.32 bits per heavy atom. The molecule has 3 N–H and O–H groups in total. The fourth-order valence-electron chi connectivity index (χ4n) is 3.08. The molecule has 0 aromatic heterocycles. The van der Waals surface area contributed by atoms with E-state index in [4.69, 9.17) is 5.73 Å². The predicted molar refractivity (Wildman–Crippen MR) is 73.7 cm³/mol. The topological polar surface area (TPSA) is 61.6 Å². The summed E-state index contributed by atoms with van der Waals surface area (Å²) < 4.78 is 0. The monoisotopic (exact) mass is 260 g/mol. The van der Waals surface area contributed by atoms with Crippen molar-refractivity contribution in [1.82, 2.24) is 15.1 Å². The van der Waals surface area contributed by atoms with E-state index >= 15 is 0 Å². The Kier molecular flexibility index (Phi) is 3.40. The maximum absolute atomic E-state index is 11.6. The summed E-state index contributed by atoms with van der Waals surface area (Å²) in [5.74, 6) is 0. The molecule has 0 spiro atoms. The van der Waals surface area contributed by atoms with E-state index in [9.17, 15) is 4.79 Å². The van der Waals surface area contributed by atoms with E-state index in [0.717, 1.165) is 26.2 Å². The van der Waals surface area contributed by atoms with Crippen LogP contribution >= 0.6 is 0 Å². The molecule has 0 aliphatic carbocycles. The zero-order valence-corrected chi connectivity index (χ0v) is 11.0. The number of hydrogen-bond donors (Lipinski definition) is 2. The SMILES string of the molecule is NCC(c1ccccc1)N1CCN2C(=O)NCC2C1. The molecule has 2 unspecified atom stereocenters. The number of rotatable bonds is 3. The van der Waals surface area contributed by atoms with Gasteiger partial charge in [0.25, 0.3) is 0 Å². The first kappa shape index (κ1) is 12.4. The molecule has 0 saturated carbocycles. The summed E-state index contributed by atoms with van der Waals surface area (Å²) in [6.07, 6.45) is 0. The molecule has 1 aromatic carbocycles. The van der Waals surface area contributed by atoms with E-state index in [0.29, 0.717) is 12.6 Å². The van der Waals surface area contributed by atoms with Crippen LogP contribution in [0.2, 0.25) is 0 Å². The number of nitrogens with two attached hydrogens (primary N) is 1. The van der Waals surface area contributed by atoms with Crippen LogP contribution in [0.4, 0.5) is 4.79 Å². The first-order valence-electron chi connectivity index (χ1n) is 6.83. The quantitative estimate of drug-likeness (QED) is 0.827. The molecule has 2 saturated heterocycles. The lowest BCUT2D eigenvalue weighted by Crippen LogP contribution is -2.53. The third-order valence-electron chi connectivity index (χ3n) is 4.11. The van der Waals surface area contributed by atoms with Gasteiger partial charge in [-0.15, -0.1) is 0 Å². The van der Waals surface area contributed by atoms with Gasteiger partial charge in [0.15, 0.2) is 0 Å². The summed E-state index contributed by atoms with van der Waals surface area (Å²) >= 11 is 0. The van der Waals surface area contributed by atoms with Crippen LogP contribution in [0.5, 0.6) is 0 Å². The Balaban J connectivity index is 1.74. The van der Waals surface area contributed by atoms with Gasteiger partial charge in [-0.3, -0.25) is 4.90 Å². The lowest BCUT2D eigenvalue weighted by Gasteiger charge is -2.40. The van der Waals surface area contributed by atoms with Crippen LogP contribution in [0.3, 0.4) is 0 Å². The highest BCUT2D eigenvalue weighted by Crippen LogP contribution is 2.24. The normalized spacial score (nSPS) is 25.0. The first-order valence-corrected chi connectivity index (χ1v) is 6.83. The number of hydrogen-bond acceptors (Lipinski definition) is 3. The summed E-state index contributed by atoms with van der Waals surface area (Å²) in [7, 11) is 0. The number of amides is 2. The average Bonchev–Trinajstić information content (AvgIpc) is 2.82. The maximum atomic E-state index is 11.6. The molecule has 1 aromatic rings. The molecule has 2 heterocycles. The van der Waals surface area contributed by atoms with Crippen molar-refractivity contribution in [3.63, 3.8) is 0 Å². The van der Waals surface area contributed by atoms with Crippen LogP contribution in [0.1, 0.15) is 11.6 Å². The zero-order valence-electron chi connectivity index (χ0n) is 11.0. The Hall–Kier alpha value is -1.59. The van der Waals surface area contributed by atoms with Gasteiger partial charge in [0.05, 0.1) is 6.04 Å². The number of urea groups is 1. The summed E-state index contributed by atoms with van der Waals surface area (Å²) in [6.45, 7) is 3.94. The van der Waals surface area contributed by atoms with Crippen molar-refractivity contribution in [2.45, 2.75) is 12.1 Å². The minimum absolute atomic E-state index is 0.0775. The molecule has 2 amide bonds. The van der Waals surface area contributed by atoms with Gasteiger partial charge in [-0.2, -0.15) is 0 Å². The van der Waals surface area contributed by atoms with Crippen molar-refractivity contribution in [2.24, 2.45) is 5.73 Å². The van der Waals surface area contributed by atoms with Gasteiger partial charge in [-0.05, 0) is 5.56 Å². The Morgan fingerprint density at radius 2 is 2.11 bits per heavy atom. The van der Waals surface area contributed by atoms with E-state index < -0.39 is 0 Å². The highest BCUT2D eigenvalue weighted by molar-refractivity contribution is 5.77. The summed E-state index contributed by atoms with van der Waals surface area (Å²) in [5, 5.41) is 2.91. The molecule has 2 fully saturated rings. The van der Waals surface area contributed by atoms with Crippen LogP contribution in [0, 0.1) is 0 Å². The van der Waals surface area contributed by atoms with E-state index in [1.165, 1.54) is 5.56 Å². The van der Waals surface area contributed by atoms with Crippen LogP contribution in [-0.2, 0) is 0 Å². The smallest absolute Gasteiger partial charge is 0.317 e. The number of piperazine rings is 1. The number of nitrogens with one attached hydrogen (secondary N) is 1. The van der Waals surface area contributed by atoms with Crippen molar-refractivity contribution >= 4 is 6.03 Å².